The molecule has 8 nitrogen and oxygen atoms in total. The van der Waals surface area contributed by atoms with Crippen LogP contribution in [0.5, 0.6) is 0 Å². The van der Waals surface area contributed by atoms with Gasteiger partial charge in [-0.25, -0.2) is 8.42 Å². The summed E-state index contributed by atoms with van der Waals surface area (Å²) < 4.78 is 26.2. The van der Waals surface area contributed by atoms with E-state index >= 15 is 0 Å². The Kier molecular flexibility index (Phi) is 7.65. The number of hydrogen-bond acceptors (Lipinski definition) is 6. The van der Waals surface area contributed by atoms with Gasteiger partial charge in [0, 0.05) is 32.0 Å². The van der Waals surface area contributed by atoms with E-state index in [9.17, 15) is 18.0 Å². The Morgan fingerprint density at radius 3 is 2.32 bits per heavy atom. The molecule has 0 aliphatic carbocycles. The lowest BCUT2D eigenvalue weighted by Crippen LogP contribution is -2.43. The predicted octanol–water partition coefficient (Wildman–Crippen LogP) is 0.391. The summed E-state index contributed by atoms with van der Waals surface area (Å²) in [6.07, 6.45) is 2.97. The third-order valence-electron chi connectivity index (χ3n) is 4.00. The summed E-state index contributed by atoms with van der Waals surface area (Å²) in [6, 6.07) is 11.2. The van der Waals surface area contributed by atoms with Crippen molar-refractivity contribution in [2.75, 3.05) is 33.7 Å². The lowest BCUT2D eigenvalue weighted by molar-refractivity contribution is -0.139. The maximum atomic E-state index is 13.1. The van der Waals surface area contributed by atoms with Gasteiger partial charge in [-0.1, -0.05) is 24.3 Å². The molecule has 1 heterocycles. The smallest absolute Gasteiger partial charge is 0.309 e. The topological polar surface area (TPSA) is 108 Å². The van der Waals surface area contributed by atoms with Gasteiger partial charge < -0.3 is 15.5 Å². The molecular formula is C19H24N4O4S. The van der Waals surface area contributed by atoms with Crippen LogP contribution in [-0.4, -0.2) is 63.8 Å². The highest BCUT2D eigenvalue weighted by atomic mass is 32.2. The zero-order valence-corrected chi connectivity index (χ0v) is 16.6. The van der Waals surface area contributed by atoms with Crippen molar-refractivity contribution in [3.05, 3.63) is 60.4 Å². The van der Waals surface area contributed by atoms with Crippen LogP contribution < -0.4 is 10.6 Å². The van der Waals surface area contributed by atoms with E-state index < -0.39 is 26.9 Å². The molecule has 0 bridgehead atoms. The minimum Gasteiger partial charge on any atom is -0.347 e. The molecule has 0 saturated carbocycles. The molecule has 9 heteroatoms. The Morgan fingerprint density at radius 2 is 1.71 bits per heavy atom. The Labute approximate surface area is 164 Å². The second-order valence-corrected chi connectivity index (χ2v) is 8.53. The quantitative estimate of drug-likeness (QED) is 0.616. The molecule has 1 aromatic heterocycles. The Balaban J connectivity index is 2.14. The molecule has 0 radical (unpaired) electrons. The lowest BCUT2D eigenvalue weighted by atomic mass is 10.2. The fourth-order valence-electron chi connectivity index (χ4n) is 2.49. The number of aromatic nitrogens is 1. The molecule has 2 N–H and O–H groups in total. The molecule has 0 saturated heterocycles. The van der Waals surface area contributed by atoms with E-state index in [4.69, 9.17) is 0 Å². The van der Waals surface area contributed by atoms with Crippen LogP contribution in [0.3, 0.4) is 0 Å². The number of likely N-dealkylation sites (N-methyl/N-ethyl adjacent to an activating group) is 1. The van der Waals surface area contributed by atoms with Crippen LogP contribution in [-0.2, 0) is 19.4 Å². The molecule has 1 aromatic carbocycles. The third-order valence-corrected chi connectivity index (χ3v) is 6.12. The normalized spacial score (nSPS) is 12.4. The minimum absolute atomic E-state index is 0.133. The number of nitrogens with one attached hydrogen (secondary N) is 2. The van der Waals surface area contributed by atoms with Crippen LogP contribution in [0.2, 0.25) is 0 Å². The van der Waals surface area contributed by atoms with Gasteiger partial charge in [0.05, 0.1) is 4.90 Å². The van der Waals surface area contributed by atoms with Crippen LogP contribution in [0.1, 0.15) is 10.8 Å². The van der Waals surface area contributed by atoms with Gasteiger partial charge in [-0.2, -0.15) is 0 Å². The van der Waals surface area contributed by atoms with E-state index in [0.717, 1.165) is 0 Å². The van der Waals surface area contributed by atoms with Gasteiger partial charge in [0.1, 0.15) is 5.25 Å². The molecule has 2 rings (SSSR count). The minimum atomic E-state index is -3.80. The van der Waals surface area contributed by atoms with Crippen molar-refractivity contribution in [3.8, 4) is 0 Å². The van der Waals surface area contributed by atoms with E-state index in [2.05, 4.69) is 15.6 Å². The molecule has 0 spiro atoms. The number of pyridine rings is 1. The maximum absolute atomic E-state index is 13.1. The van der Waals surface area contributed by atoms with E-state index in [1.807, 2.05) is 19.0 Å². The molecule has 0 fully saturated rings. The third kappa shape index (κ3) is 5.86. The van der Waals surface area contributed by atoms with Crippen molar-refractivity contribution in [1.29, 1.82) is 0 Å². The van der Waals surface area contributed by atoms with Crippen molar-refractivity contribution >= 4 is 21.7 Å². The zero-order chi connectivity index (χ0) is 20.6. The first kappa shape index (κ1) is 21.5. The van der Waals surface area contributed by atoms with E-state index in [0.29, 0.717) is 18.7 Å². The monoisotopic (exact) mass is 404 g/mol. The number of carbonyl (C=O) groups is 2. The molecule has 28 heavy (non-hydrogen) atoms. The summed E-state index contributed by atoms with van der Waals surface area (Å²) in [6.45, 7) is 0.649. The summed E-state index contributed by atoms with van der Waals surface area (Å²) in [7, 11) is -0.104. The summed E-state index contributed by atoms with van der Waals surface area (Å²) in [5, 5.41) is 3.85. The summed E-state index contributed by atoms with van der Waals surface area (Å²) in [5.74, 6) is -1.68. The van der Waals surface area contributed by atoms with Crippen molar-refractivity contribution in [3.63, 3.8) is 0 Å². The zero-order valence-electron chi connectivity index (χ0n) is 15.8. The number of rotatable bonds is 8. The highest BCUT2D eigenvalue weighted by Crippen LogP contribution is 2.27. The van der Waals surface area contributed by atoms with Gasteiger partial charge in [0.25, 0.3) is 0 Å². The Bertz CT molecular complexity index is 887. The second kappa shape index (κ2) is 9.95. The average molecular weight is 404 g/mol. The van der Waals surface area contributed by atoms with Crippen molar-refractivity contribution in [2.24, 2.45) is 0 Å². The fraction of sp³-hybridized carbons (Fsp3) is 0.316. The number of amides is 2. The molecule has 150 valence electrons. The molecule has 0 unspecified atom stereocenters. The van der Waals surface area contributed by atoms with Crippen molar-refractivity contribution in [1.82, 2.24) is 20.5 Å². The largest absolute Gasteiger partial charge is 0.347 e. The first-order valence-electron chi connectivity index (χ1n) is 8.72. The number of hydrogen-bond donors (Lipinski definition) is 2. The van der Waals surface area contributed by atoms with Crippen LogP contribution in [0, 0.1) is 0 Å². The van der Waals surface area contributed by atoms with Crippen molar-refractivity contribution in [2.45, 2.75) is 10.1 Å². The van der Waals surface area contributed by atoms with E-state index in [1.54, 1.807) is 30.3 Å². The molecule has 2 amide bonds. The fourth-order valence-corrected chi connectivity index (χ4v) is 4.15. The van der Waals surface area contributed by atoms with Gasteiger partial charge in [0.15, 0.2) is 9.84 Å². The van der Waals surface area contributed by atoms with Gasteiger partial charge in [0.2, 0.25) is 0 Å². The SMILES string of the molecule is CN(C)CCNC(=O)C(=O)NC[C@H](c1cccnc1)S(=O)(=O)c1ccccc1. The number of benzene rings is 1. The number of nitrogens with zero attached hydrogens (tertiary/aromatic N) is 2. The van der Waals surface area contributed by atoms with E-state index in [-0.39, 0.29) is 11.4 Å². The molecule has 0 aliphatic rings. The predicted molar refractivity (Wildman–Crippen MR) is 105 cm³/mol. The average Bonchev–Trinajstić information content (AvgIpc) is 2.69. The maximum Gasteiger partial charge on any atom is 0.309 e. The summed E-state index contributed by atoms with van der Waals surface area (Å²) in [4.78, 5) is 29.9. The summed E-state index contributed by atoms with van der Waals surface area (Å²) in [5.41, 5.74) is 0.430. The number of sulfone groups is 1. The van der Waals surface area contributed by atoms with Crippen LogP contribution in [0.4, 0.5) is 0 Å². The standard InChI is InChI=1S/C19H24N4O4S/c1-23(2)12-11-21-18(24)19(25)22-14-17(15-7-6-10-20-13-15)28(26,27)16-8-4-3-5-9-16/h3-10,13,17H,11-12,14H2,1-2H3,(H,21,24)(H,22,25)/t17-/m1/s1. The van der Waals surface area contributed by atoms with Crippen LogP contribution in [0.15, 0.2) is 59.8 Å². The van der Waals surface area contributed by atoms with Gasteiger partial charge >= 0.3 is 11.8 Å². The van der Waals surface area contributed by atoms with E-state index in [1.165, 1.54) is 24.5 Å². The Hall–Kier alpha value is -2.78. The number of carbonyl (C=O) groups excluding carboxylic acids is 2. The van der Waals surface area contributed by atoms with Crippen LogP contribution >= 0.6 is 0 Å². The first-order valence-corrected chi connectivity index (χ1v) is 10.3. The lowest BCUT2D eigenvalue weighted by Gasteiger charge is -2.18. The highest BCUT2D eigenvalue weighted by molar-refractivity contribution is 7.91. The molecule has 2 aromatic rings. The highest BCUT2D eigenvalue weighted by Gasteiger charge is 2.30. The molecular weight excluding hydrogens is 380 g/mol. The van der Waals surface area contributed by atoms with Crippen LogP contribution in [0.25, 0.3) is 0 Å². The van der Waals surface area contributed by atoms with Crippen molar-refractivity contribution < 1.29 is 18.0 Å². The molecule has 1 atom stereocenters. The first-order chi connectivity index (χ1) is 13.3. The summed E-state index contributed by atoms with van der Waals surface area (Å²) >= 11 is 0. The second-order valence-electron chi connectivity index (χ2n) is 6.40. The van der Waals surface area contributed by atoms with Gasteiger partial charge in [-0.15, -0.1) is 0 Å². The molecule has 0 aliphatic heterocycles. The van der Waals surface area contributed by atoms with Gasteiger partial charge in [-0.05, 0) is 37.9 Å². The van der Waals surface area contributed by atoms with Gasteiger partial charge in [-0.3, -0.25) is 14.6 Å². The Morgan fingerprint density at radius 1 is 1.04 bits per heavy atom.